The van der Waals surface area contributed by atoms with Crippen LogP contribution in [0.1, 0.15) is 35.7 Å². The Kier molecular flexibility index (Phi) is 7.15. The molecule has 0 aliphatic heterocycles. The molecule has 0 bridgehead atoms. The summed E-state index contributed by atoms with van der Waals surface area (Å²) in [6, 6.07) is 15.0. The molecule has 8 heteroatoms. The quantitative estimate of drug-likeness (QED) is 0.221. The molecule has 0 fully saturated rings. The number of methoxy groups -OCH3 is 3. The maximum absolute atomic E-state index is 13.0. The topological polar surface area (TPSA) is 93.4 Å². The fourth-order valence-electron chi connectivity index (χ4n) is 3.76. The highest BCUT2D eigenvalue weighted by Gasteiger charge is 2.19. The zero-order valence-corrected chi connectivity index (χ0v) is 20.6. The van der Waals surface area contributed by atoms with Gasteiger partial charge in [0.1, 0.15) is 23.3 Å². The molecule has 0 saturated heterocycles. The Hall–Kier alpha value is -4.46. The highest BCUT2D eigenvalue weighted by atomic mass is 16.5. The molecule has 4 rings (SSSR count). The summed E-state index contributed by atoms with van der Waals surface area (Å²) >= 11 is 0. The molecule has 186 valence electrons. The second kappa shape index (κ2) is 10.4. The number of esters is 1. The van der Waals surface area contributed by atoms with Gasteiger partial charge in [0, 0.05) is 6.07 Å². The minimum Gasteiger partial charge on any atom is -0.493 e. The van der Waals surface area contributed by atoms with Crippen LogP contribution in [0.15, 0.2) is 70.1 Å². The molecule has 1 aromatic heterocycles. The van der Waals surface area contributed by atoms with Crippen LogP contribution in [0, 0.1) is 0 Å². The standard InChI is InChI=1S/C28H26O8/c1-16(2)19-8-6-7-9-21(19)36-25-15-34-22-14-18(10-11-20(22)26(25)29)35-28(30)17-12-23(31-3)27(33-5)24(13-17)32-4/h6-16H,1-5H3. The summed E-state index contributed by atoms with van der Waals surface area (Å²) in [7, 11) is 4.38. The summed E-state index contributed by atoms with van der Waals surface area (Å²) in [5.74, 6) is 1.42. The van der Waals surface area contributed by atoms with Gasteiger partial charge in [-0.3, -0.25) is 4.79 Å². The molecule has 3 aromatic carbocycles. The van der Waals surface area contributed by atoms with Gasteiger partial charge < -0.3 is 28.1 Å². The van der Waals surface area contributed by atoms with Crippen LogP contribution in [0.3, 0.4) is 0 Å². The van der Waals surface area contributed by atoms with E-state index in [0.29, 0.717) is 28.4 Å². The third-order valence-corrected chi connectivity index (χ3v) is 5.59. The van der Waals surface area contributed by atoms with Gasteiger partial charge in [-0.1, -0.05) is 32.0 Å². The number of fused-ring (bicyclic) bond motifs is 1. The van der Waals surface area contributed by atoms with Crippen molar-refractivity contribution < 1.29 is 32.9 Å². The number of carbonyl (C=O) groups excluding carboxylic acids is 1. The Balaban J connectivity index is 1.61. The van der Waals surface area contributed by atoms with Gasteiger partial charge in [-0.25, -0.2) is 4.79 Å². The third-order valence-electron chi connectivity index (χ3n) is 5.59. The predicted molar refractivity (Wildman–Crippen MR) is 134 cm³/mol. The van der Waals surface area contributed by atoms with Crippen LogP contribution in [0.25, 0.3) is 11.0 Å². The lowest BCUT2D eigenvalue weighted by Gasteiger charge is -2.14. The van der Waals surface area contributed by atoms with Crippen molar-refractivity contribution in [3.05, 3.63) is 82.2 Å². The lowest BCUT2D eigenvalue weighted by Crippen LogP contribution is -2.10. The van der Waals surface area contributed by atoms with Crippen LogP contribution in [0.2, 0.25) is 0 Å². The van der Waals surface area contributed by atoms with Crippen molar-refractivity contribution in [3.8, 4) is 34.5 Å². The number of hydrogen-bond acceptors (Lipinski definition) is 8. The zero-order chi connectivity index (χ0) is 25.8. The molecule has 4 aromatic rings. The summed E-state index contributed by atoms with van der Waals surface area (Å²) in [5, 5.41) is 0.294. The Morgan fingerprint density at radius 2 is 1.53 bits per heavy atom. The van der Waals surface area contributed by atoms with Gasteiger partial charge >= 0.3 is 5.97 Å². The minimum atomic E-state index is -0.652. The van der Waals surface area contributed by atoms with E-state index in [2.05, 4.69) is 0 Å². The Labute approximate surface area is 207 Å². The Morgan fingerprint density at radius 1 is 0.833 bits per heavy atom. The van der Waals surface area contributed by atoms with Crippen LogP contribution in [0.4, 0.5) is 0 Å². The molecule has 0 N–H and O–H groups in total. The van der Waals surface area contributed by atoms with E-state index < -0.39 is 5.97 Å². The molecular formula is C28H26O8. The lowest BCUT2D eigenvalue weighted by molar-refractivity contribution is 0.0734. The Bertz CT molecular complexity index is 1440. The maximum atomic E-state index is 13.0. The highest BCUT2D eigenvalue weighted by Crippen LogP contribution is 2.38. The summed E-state index contributed by atoms with van der Waals surface area (Å²) in [6.07, 6.45) is 1.26. The lowest BCUT2D eigenvalue weighted by atomic mass is 10.0. The van der Waals surface area contributed by atoms with Crippen molar-refractivity contribution in [2.75, 3.05) is 21.3 Å². The fourth-order valence-corrected chi connectivity index (χ4v) is 3.76. The number of para-hydroxylation sites is 1. The van der Waals surface area contributed by atoms with E-state index in [-0.39, 0.29) is 34.0 Å². The molecule has 0 atom stereocenters. The molecule has 0 radical (unpaired) electrons. The van der Waals surface area contributed by atoms with E-state index in [1.807, 2.05) is 38.1 Å². The van der Waals surface area contributed by atoms with Crippen molar-refractivity contribution in [2.45, 2.75) is 19.8 Å². The molecule has 0 aliphatic carbocycles. The van der Waals surface area contributed by atoms with Gasteiger partial charge in [0.25, 0.3) is 0 Å². The summed E-state index contributed by atoms with van der Waals surface area (Å²) in [6.45, 7) is 4.10. The van der Waals surface area contributed by atoms with Crippen LogP contribution >= 0.6 is 0 Å². The third kappa shape index (κ3) is 4.84. The van der Waals surface area contributed by atoms with Crippen LogP contribution in [-0.4, -0.2) is 27.3 Å². The van der Waals surface area contributed by atoms with E-state index in [1.165, 1.54) is 57.9 Å². The largest absolute Gasteiger partial charge is 0.493 e. The highest BCUT2D eigenvalue weighted by molar-refractivity contribution is 5.93. The number of benzene rings is 3. The smallest absolute Gasteiger partial charge is 0.343 e. The van der Waals surface area contributed by atoms with E-state index in [9.17, 15) is 9.59 Å². The van der Waals surface area contributed by atoms with E-state index in [4.69, 9.17) is 28.1 Å². The van der Waals surface area contributed by atoms with E-state index >= 15 is 0 Å². The monoisotopic (exact) mass is 490 g/mol. The first-order valence-electron chi connectivity index (χ1n) is 11.2. The molecule has 0 saturated carbocycles. The van der Waals surface area contributed by atoms with Crippen molar-refractivity contribution in [2.24, 2.45) is 0 Å². The van der Waals surface area contributed by atoms with Crippen molar-refractivity contribution in [1.82, 2.24) is 0 Å². The van der Waals surface area contributed by atoms with Crippen molar-refractivity contribution >= 4 is 16.9 Å². The molecule has 1 heterocycles. The second-order valence-corrected chi connectivity index (χ2v) is 8.19. The first-order valence-corrected chi connectivity index (χ1v) is 11.2. The average molecular weight is 491 g/mol. The summed E-state index contributed by atoms with van der Waals surface area (Å²) in [5.41, 5.74) is 1.08. The van der Waals surface area contributed by atoms with Crippen LogP contribution < -0.4 is 29.1 Å². The molecule has 0 spiro atoms. The summed E-state index contributed by atoms with van der Waals surface area (Å²) in [4.78, 5) is 25.8. The van der Waals surface area contributed by atoms with E-state index in [0.717, 1.165) is 5.56 Å². The van der Waals surface area contributed by atoms with Gasteiger partial charge in [0.15, 0.2) is 11.5 Å². The van der Waals surface area contributed by atoms with Gasteiger partial charge in [-0.2, -0.15) is 0 Å². The van der Waals surface area contributed by atoms with Gasteiger partial charge in [-0.15, -0.1) is 0 Å². The molecule has 8 nitrogen and oxygen atoms in total. The molecule has 0 aliphatic rings. The zero-order valence-electron chi connectivity index (χ0n) is 20.6. The molecule has 0 unspecified atom stereocenters. The normalized spacial score (nSPS) is 10.8. The number of rotatable bonds is 8. The van der Waals surface area contributed by atoms with Crippen LogP contribution in [0.5, 0.6) is 34.5 Å². The first-order chi connectivity index (χ1) is 17.4. The number of carbonyl (C=O) groups is 1. The van der Waals surface area contributed by atoms with Gasteiger partial charge in [0.2, 0.25) is 16.9 Å². The van der Waals surface area contributed by atoms with Gasteiger partial charge in [-0.05, 0) is 41.8 Å². The molecular weight excluding hydrogens is 464 g/mol. The average Bonchev–Trinajstić information content (AvgIpc) is 2.89. The van der Waals surface area contributed by atoms with E-state index in [1.54, 1.807) is 0 Å². The summed E-state index contributed by atoms with van der Waals surface area (Å²) < 4.78 is 32.9. The fraction of sp³-hybridized carbons (Fsp3) is 0.214. The maximum Gasteiger partial charge on any atom is 0.343 e. The van der Waals surface area contributed by atoms with Crippen LogP contribution in [-0.2, 0) is 0 Å². The minimum absolute atomic E-state index is 0.0674. The molecule has 36 heavy (non-hydrogen) atoms. The predicted octanol–water partition coefficient (Wildman–Crippen LogP) is 5.95. The Morgan fingerprint density at radius 3 is 2.17 bits per heavy atom. The van der Waals surface area contributed by atoms with Gasteiger partial charge in [0.05, 0.1) is 32.3 Å². The first kappa shape index (κ1) is 24.7. The SMILES string of the molecule is COc1cc(C(=O)Oc2ccc3c(=O)c(Oc4ccccc4C(C)C)coc3c2)cc(OC)c1OC. The number of hydrogen-bond donors (Lipinski definition) is 0. The second-order valence-electron chi connectivity index (χ2n) is 8.19. The molecule has 0 amide bonds. The van der Waals surface area contributed by atoms with Crippen molar-refractivity contribution in [3.63, 3.8) is 0 Å². The number of ether oxygens (including phenoxy) is 5. The van der Waals surface area contributed by atoms with Crippen molar-refractivity contribution in [1.29, 1.82) is 0 Å².